The fraction of sp³-hybridized carbons (Fsp3) is 0.579. The van der Waals surface area contributed by atoms with E-state index in [1.165, 1.54) is 12.8 Å². The molecule has 0 aromatic heterocycles. The summed E-state index contributed by atoms with van der Waals surface area (Å²) in [5, 5.41) is 5.74. The van der Waals surface area contributed by atoms with Crippen molar-refractivity contribution in [1.29, 1.82) is 0 Å². The molecule has 2 amide bonds. The summed E-state index contributed by atoms with van der Waals surface area (Å²) in [5.41, 5.74) is 1.00. The van der Waals surface area contributed by atoms with Gasteiger partial charge in [0.15, 0.2) is 0 Å². The second-order valence-corrected chi connectivity index (χ2v) is 6.85. The van der Waals surface area contributed by atoms with Gasteiger partial charge in [-0.05, 0) is 49.3 Å². The highest BCUT2D eigenvalue weighted by Crippen LogP contribution is 2.38. The van der Waals surface area contributed by atoms with Gasteiger partial charge in [-0.15, -0.1) is 0 Å². The Kier molecular flexibility index (Phi) is 5.38. The number of carbonyl (C=O) groups excluding carboxylic acids is 2. The lowest BCUT2D eigenvalue weighted by atomic mass is 9.84. The van der Waals surface area contributed by atoms with Crippen LogP contribution in [0.1, 0.15) is 50.0 Å². The van der Waals surface area contributed by atoms with Gasteiger partial charge in [0.2, 0.25) is 11.8 Å². The molecule has 24 heavy (non-hydrogen) atoms. The first-order valence-electron chi connectivity index (χ1n) is 8.88. The zero-order chi connectivity index (χ0) is 16.9. The van der Waals surface area contributed by atoms with Crippen LogP contribution in [0.5, 0.6) is 5.75 Å². The smallest absolute Gasteiger partial charge is 0.239 e. The summed E-state index contributed by atoms with van der Waals surface area (Å²) in [6.45, 7) is 0.0642. The summed E-state index contributed by atoms with van der Waals surface area (Å²) in [5.74, 6) is 0.814. The van der Waals surface area contributed by atoms with Crippen molar-refractivity contribution in [2.24, 2.45) is 5.92 Å². The van der Waals surface area contributed by atoms with Crippen molar-refractivity contribution < 1.29 is 14.3 Å². The molecule has 1 aromatic rings. The molecular formula is C19H26N2O3. The lowest BCUT2D eigenvalue weighted by Gasteiger charge is -2.23. The summed E-state index contributed by atoms with van der Waals surface area (Å²) in [4.78, 5) is 24.6. The molecule has 0 radical (unpaired) electrons. The van der Waals surface area contributed by atoms with Crippen LogP contribution in [-0.2, 0) is 9.59 Å². The predicted molar refractivity (Wildman–Crippen MR) is 91.9 cm³/mol. The minimum atomic E-state index is -0.188. The van der Waals surface area contributed by atoms with Crippen molar-refractivity contribution in [3.05, 3.63) is 29.8 Å². The van der Waals surface area contributed by atoms with Gasteiger partial charge in [-0.2, -0.15) is 0 Å². The van der Waals surface area contributed by atoms with Crippen LogP contribution in [-0.4, -0.2) is 31.5 Å². The Labute approximate surface area is 143 Å². The molecule has 130 valence electrons. The first kappa shape index (κ1) is 16.8. The van der Waals surface area contributed by atoms with Crippen molar-refractivity contribution in [3.63, 3.8) is 0 Å². The minimum absolute atomic E-state index is 0.0435. The van der Waals surface area contributed by atoms with Gasteiger partial charge in [-0.3, -0.25) is 9.59 Å². The van der Waals surface area contributed by atoms with Crippen LogP contribution in [0.4, 0.5) is 0 Å². The van der Waals surface area contributed by atoms with E-state index in [0.29, 0.717) is 12.0 Å². The van der Waals surface area contributed by atoms with E-state index >= 15 is 0 Å². The number of ether oxygens (including phenoxy) is 1. The molecule has 0 heterocycles. The van der Waals surface area contributed by atoms with Gasteiger partial charge >= 0.3 is 0 Å². The zero-order valence-electron chi connectivity index (χ0n) is 14.2. The Morgan fingerprint density at radius 2 is 1.79 bits per heavy atom. The summed E-state index contributed by atoms with van der Waals surface area (Å²) in [7, 11) is 1.63. The molecule has 0 aliphatic heterocycles. The molecule has 0 saturated heterocycles. The maximum Gasteiger partial charge on any atom is 0.239 e. The fourth-order valence-electron chi connectivity index (χ4n) is 3.52. The Bertz CT molecular complexity index is 575. The zero-order valence-corrected chi connectivity index (χ0v) is 14.2. The Morgan fingerprint density at radius 3 is 2.38 bits per heavy atom. The first-order valence-corrected chi connectivity index (χ1v) is 8.88. The molecule has 0 spiro atoms. The number of rotatable bonds is 7. The van der Waals surface area contributed by atoms with Gasteiger partial charge < -0.3 is 15.4 Å². The van der Waals surface area contributed by atoms with E-state index in [9.17, 15) is 9.59 Å². The number of benzene rings is 1. The summed E-state index contributed by atoms with van der Waals surface area (Å²) in [6.07, 6.45) is 6.59. The normalized spacial score (nSPS) is 18.9. The van der Waals surface area contributed by atoms with E-state index in [2.05, 4.69) is 10.6 Å². The number of nitrogens with one attached hydrogen (secondary N) is 2. The number of amides is 2. The Morgan fingerprint density at radius 1 is 1.12 bits per heavy atom. The van der Waals surface area contributed by atoms with E-state index in [1.54, 1.807) is 7.11 Å². The molecule has 3 rings (SSSR count). The van der Waals surface area contributed by atoms with Gasteiger partial charge in [0.25, 0.3) is 0 Å². The standard InChI is InChI=1S/C19H26N2O3/c1-24-16-10-6-14(7-11-16)18(13-4-2-3-5-13)19(23)20-12-17(22)21-15-8-9-15/h6-7,10-11,13,15,18H,2-5,8-9,12H2,1H3,(H,20,23)(H,21,22). The van der Waals surface area contributed by atoms with E-state index < -0.39 is 0 Å². The molecule has 5 nitrogen and oxygen atoms in total. The first-order chi connectivity index (χ1) is 11.7. The molecule has 1 aromatic carbocycles. The molecule has 1 unspecified atom stereocenters. The van der Waals surface area contributed by atoms with Crippen LogP contribution in [0.3, 0.4) is 0 Å². The third-order valence-corrected chi connectivity index (χ3v) is 4.99. The third kappa shape index (κ3) is 4.28. The lowest BCUT2D eigenvalue weighted by Crippen LogP contribution is -2.41. The summed E-state index contributed by atoms with van der Waals surface area (Å²) in [6, 6.07) is 8.04. The molecule has 1 atom stereocenters. The topological polar surface area (TPSA) is 67.4 Å². The molecule has 2 N–H and O–H groups in total. The molecular weight excluding hydrogens is 304 g/mol. The average molecular weight is 330 g/mol. The van der Waals surface area contributed by atoms with E-state index in [-0.39, 0.29) is 24.3 Å². The van der Waals surface area contributed by atoms with Crippen LogP contribution >= 0.6 is 0 Å². The average Bonchev–Trinajstić information content (AvgIpc) is 3.25. The van der Waals surface area contributed by atoms with Crippen molar-refractivity contribution in [3.8, 4) is 5.75 Å². The van der Waals surface area contributed by atoms with E-state index in [1.807, 2.05) is 24.3 Å². The third-order valence-electron chi connectivity index (χ3n) is 4.99. The van der Waals surface area contributed by atoms with Crippen LogP contribution in [0.25, 0.3) is 0 Å². The van der Waals surface area contributed by atoms with Crippen LogP contribution < -0.4 is 15.4 Å². The molecule has 2 fully saturated rings. The van der Waals surface area contributed by atoms with Gasteiger partial charge in [-0.25, -0.2) is 0 Å². The predicted octanol–water partition coefficient (Wildman–Crippen LogP) is 2.36. The maximum atomic E-state index is 12.8. The lowest BCUT2D eigenvalue weighted by molar-refractivity contribution is -0.127. The van der Waals surface area contributed by atoms with Crippen molar-refractivity contribution in [1.82, 2.24) is 10.6 Å². The highest BCUT2D eigenvalue weighted by Gasteiger charge is 2.32. The highest BCUT2D eigenvalue weighted by atomic mass is 16.5. The van der Waals surface area contributed by atoms with Crippen molar-refractivity contribution in [2.75, 3.05) is 13.7 Å². The highest BCUT2D eigenvalue weighted by molar-refractivity contribution is 5.88. The largest absolute Gasteiger partial charge is 0.497 e. The second kappa shape index (κ2) is 7.69. The van der Waals surface area contributed by atoms with Crippen molar-refractivity contribution in [2.45, 2.75) is 50.5 Å². The van der Waals surface area contributed by atoms with Gasteiger partial charge in [0.1, 0.15) is 5.75 Å². The Balaban J connectivity index is 1.65. The van der Waals surface area contributed by atoms with Crippen LogP contribution in [0.2, 0.25) is 0 Å². The number of carbonyl (C=O) groups is 2. The SMILES string of the molecule is COc1ccc(C(C(=O)NCC(=O)NC2CC2)C2CCCC2)cc1. The molecule has 2 aliphatic rings. The van der Waals surface area contributed by atoms with Gasteiger partial charge in [0.05, 0.1) is 19.6 Å². The number of hydrogen-bond donors (Lipinski definition) is 2. The maximum absolute atomic E-state index is 12.8. The second-order valence-electron chi connectivity index (χ2n) is 6.85. The minimum Gasteiger partial charge on any atom is -0.497 e. The van der Waals surface area contributed by atoms with E-state index in [0.717, 1.165) is 37.0 Å². The molecule has 2 aliphatic carbocycles. The van der Waals surface area contributed by atoms with Crippen molar-refractivity contribution >= 4 is 11.8 Å². The summed E-state index contributed by atoms with van der Waals surface area (Å²) < 4.78 is 5.20. The number of hydrogen-bond acceptors (Lipinski definition) is 3. The monoisotopic (exact) mass is 330 g/mol. The van der Waals surface area contributed by atoms with Crippen LogP contribution in [0.15, 0.2) is 24.3 Å². The van der Waals surface area contributed by atoms with Crippen LogP contribution in [0, 0.1) is 5.92 Å². The fourth-order valence-corrected chi connectivity index (χ4v) is 3.52. The molecule has 2 saturated carbocycles. The molecule has 5 heteroatoms. The van der Waals surface area contributed by atoms with Gasteiger partial charge in [-0.1, -0.05) is 25.0 Å². The van der Waals surface area contributed by atoms with E-state index in [4.69, 9.17) is 4.74 Å². The summed E-state index contributed by atoms with van der Waals surface area (Å²) >= 11 is 0. The van der Waals surface area contributed by atoms with Gasteiger partial charge in [0, 0.05) is 6.04 Å². The Hall–Kier alpha value is -2.04. The quantitative estimate of drug-likeness (QED) is 0.806. The molecule has 0 bridgehead atoms. The number of methoxy groups -OCH3 is 1.